The SMILES string of the molecule is N#Cc1ccc(-c2csc(-c3ccsc3)n2)cc1. The lowest BCUT2D eigenvalue weighted by Crippen LogP contribution is -1.79. The van der Waals surface area contributed by atoms with Gasteiger partial charge >= 0.3 is 0 Å². The number of nitriles is 1. The fraction of sp³-hybridized carbons (Fsp3) is 0. The molecule has 0 spiro atoms. The number of aromatic nitrogens is 1. The van der Waals surface area contributed by atoms with Crippen molar-refractivity contribution in [1.29, 1.82) is 5.26 Å². The van der Waals surface area contributed by atoms with E-state index in [0.29, 0.717) is 5.56 Å². The van der Waals surface area contributed by atoms with Crippen LogP contribution < -0.4 is 0 Å². The van der Waals surface area contributed by atoms with Crippen LogP contribution in [0.15, 0.2) is 46.5 Å². The number of thiazole rings is 1. The zero-order valence-electron chi connectivity index (χ0n) is 9.33. The Morgan fingerprint density at radius 2 is 1.83 bits per heavy atom. The predicted molar refractivity (Wildman–Crippen MR) is 75.6 cm³/mol. The molecule has 0 fully saturated rings. The lowest BCUT2D eigenvalue weighted by Gasteiger charge is -1.95. The summed E-state index contributed by atoms with van der Waals surface area (Å²) in [5, 5.41) is 16.0. The summed E-state index contributed by atoms with van der Waals surface area (Å²) in [7, 11) is 0. The van der Waals surface area contributed by atoms with E-state index in [0.717, 1.165) is 16.3 Å². The van der Waals surface area contributed by atoms with Crippen LogP contribution in [0.1, 0.15) is 5.56 Å². The van der Waals surface area contributed by atoms with Gasteiger partial charge in [-0.2, -0.15) is 16.6 Å². The van der Waals surface area contributed by atoms with E-state index >= 15 is 0 Å². The molecule has 0 aliphatic heterocycles. The second-order valence-corrected chi connectivity index (χ2v) is 5.38. The van der Waals surface area contributed by atoms with Crippen molar-refractivity contribution in [2.75, 3.05) is 0 Å². The molecular formula is C14H8N2S2. The summed E-state index contributed by atoms with van der Waals surface area (Å²) in [4.78, 5) is 4.62. The van der Waals surface area contributed by atoms with Crippen LogP contribution in [0.3, 0.4) is 0 Å². The fourth-order valence-corrected chi connectivity index (χ4v) is 3.18. The third kappa shape index (κ3) is 2.06. The van der Waals surface area contributed by atoms with Gasteiger partial charge in [0.1, 0.15) is 5.01 Å². The van der Waals surface area contributed by atoms with Crippen molar-refractivity contribution < 1.29 is 0 Å². The zero-order valence-corrected chi connectivity index (χ0v) is 11.0. The smallest absolute Gasteiger partial charge is 0.124 e. The molecule has 2 aromatic heterocycles. The van der Waals surface area contributed by atoms with Gasteiger partial charge in [0.15, 0.2) is 0 Å². The highest BCUT2D eigenvalue weighted by molar-refractivity contribution is 7.14. The van der Waals surface area contributed by atoms with Crippen molar-refractivity contribution in [3.63, 3.8) is 0 Å². The van der Waals surface area contributed by atoms with E-state index in [4.69, 9.17) is 5.26 Å². The minimum absolute atomic E-state index is 0.673. The maximum Gasteiger partial charge on any atom is 0.124 e. The van der Waals surface area contributed by atoms with E-state index in [1.54, 1.807) is 22.7 Å². The molecule has 0 atom stereocenters. The molecule has 0 aliphatic rings. The molecule has 18 heavy (non-hydrogen) atoms. The average molecular weight is 268 g/mol. The fourth-order valence-electron chi connectivity index (χ4n) is 1.64. The Labute approximate surface area is 113 Å². The van der Waals surface area contributed by atoms with Crippen LogP contribution in [0, 0.1) is 11.3 Å². The number of hydrogen-bond acceptors (Lipinski definition) is 4. The van der Waals surface area contributed by atoms with E-state index < -0.39 is 0 Å². The molecule has 2 nitrogen and oxygen atoms in total. The molecule has 0 unspecified atom stereocenters. The van der Waals surface area contributed by atoms with E-state index in [-0.39, 0.29) is 0 Å². The van der Waals surface area contributed by atoms with Gasteiger partial charge in [-0.05, 0) is 23.6 Å². The van der Waals surface area contributed by atoms with Crippen molar-refractivity contribution >= 4 is 22.7 Å². The first-order valence-electron chi connectivity index (χ1n) is 5.35. The zero-order chi connectivity index (χ0) is 12.4. The molecule has 0 saturated carbocycles. The topological polar surface area (TPSA) is 36.7 Å². The molecule has 86 valence electrons. The monoisotopic (exact) mass is 268 g/mol. The molecule has 3 rings (SSSR count). The molecule has 0 N–H and O–H groups in total. The van der Waals surface area contributed by atoms with E-state index in [1.165, 1.54) is 5.56 Å². The molecule has 0 aliphatic carbocycles. The number of nitrogens with zero attached hydrogens (tertiary/aromatic N) is 2. The first-order valence-corrected chi connectivity index (χ1v) is 7.18. The Morgan fingerprint density at radius 3 is 2.50 bits per heavy atom. The lowest BCUT2D eigenvalue weighted by molar-refractivity contribution is 1.40. The Morgan fingerprint density at radius 1 is 1.00 bits per heavy atom. The molecule has 0 bridgehead atoms. The third-order valence-corrected chi connectivity index (χ3v) is 4.16. The standard InChI is InChI=1S/C14H8N2S2/c15-7-10-1-3-11(4-2-10)13-9-18-14(16-13)12-5-6-17-8-12/h1-6,8-9H. The Kier molecular flexibility index (Phi) is 2.93. The van der Waals surface area contributed by atoms with E-state index in [9.17, 15) is 0 Å². The molecule has 4 heteroatoms. The minimum Gasteiger partial charge on any atom is -0.236 e. The van der Waals surface area contributed by atoms with Gasteiger partial charge in [-0.1, -0.05) is 12.1 Å². The summed E-state index contributed by atoms with van der Waals surface area (Å²) in [6.07, 6.45) is 0. The largest absolute Gasteiger partial charge is 0.236 e. The molecule has 3 aromatic rings. The van der Waals surface area contributed by atoms with E-state index in [1.807, 2.05) is 29.6 Å². The van der Waals surface area contributed by atoms with Crippen molar-refractivity contribution in [3.05, 3.63) is 52.0 Å². The molecule has 0 saturated heterocycles. The summed E-state index contributed by atoms with van der Waals surface area (Å²) < 4.78 is 0. The predicted octanol–water partition coefficient (Wildman–Crippen LogP) is 4.41. The van der Waals surface area contributed by atoms with Crippen LogP contribution >= 0.6 is 22.7 Å². The summed E-state index contributed by atoms with van der Waals surface area (Å²) in [5.41, 5.74) is 3.86. The third-order valence-electron chi connectivity index (χ3n) is 2.58. The van der Waals surface area contributed by atoms with Crippen molar-refractivity contribution in [1.82, 2.24) is 4.98 Å². The second-order valence-electron chi connectivity index (χ2n) is 3.74. The van der Waals surface area contributed by atoms with Gasteiger partial charge in [0.2, 0.25) is 0 Å². The van der Waals surface area contributed by atoms with Crippen LogP contribution in [-0.2, 0) is 0 Å². The van der Waals surface area contributed by atoms with Gasteiger partial charge in [0.05, 0.1) is 17.3 Å². The van der Waals surface area contributed by atoms with Gasteiger partial charge in [-0.15, -0.1) is 11.3 Å². The Bertz CT molecular complexity index is 688. The van der Waals surface area contributed by atoms with Gasteiger partial charge in [0, 0.05) is 21.9 Å². The maximum atomic E-state index is 8.77. The van der Waals surface area contributed by atoms with Crippen LogP contribution in [-0.4, -0.2) is 4.98 Å². The second kappa shape index (κ2) is 4.73. The summed E-state index contributed by atoms with van der Waals surface area (Å²) >= 11 is 3.32. The number of benzene rings is 1. The van der Waals surface area contributed by atoms with Crippen molar-refractivity contribution in [2.45, 2.75) is 0 Å². The van der Waals surface area contributed by atoms with Crippen LogP contribution in [0.4, 0.5) is 0 Å². The quantitative estimate of drug-likeness (QED) is 0.690. The average Bonchev–Trinajstić information content (AvgIpc) is 3.09. The van der Waals surface area contributed by atoms with Crippen LogP contribution in [0.5, 0.6) is 0 Å². The number of rotatable bonds is 2. The van der Waals surface area contributed by atoms with Gasteiger partial charge < -0.3 is 0 Å². The van der Waals surface area contributed by atoms with Gasteiger partial charge in [0.25, 0.3) is 0 Å². The molecule has 0 amide bonds. The van der Waals surface area contributed by atoms with Gasteiger partial charge in [-0.25, -0.2) is 4.98 Å². The number of hydrogen-bond donors (Lipinski definition) is 0. The number of thiophene rings is 1. The molecule has 0 radical (unpaired) electrons. The van der Waals surface area contributed by atoms with Gasteiger partial charge in [-0.3, -0.25) is 0 Å². The highest BCUT2D eigenvalue weighted by Crippen LogP contribution is 2.30. The first kappa shape index (κ1) is 11.1. The Hall–Kier alpha value is -1.96. The molecule has 1 aromatic carbocycles. The van der Waals surface area contributed by atoms with Crippen molar-refractivity contribution in [3.8, 4) is 27.9 Å². The maximum absolute atomic E-state index is 8.77. The van der Waals surface area contributed by atoms with Crippen molar-refractivity contribution in [2.24, 2.45) is 0 Å². The highest BCUT2D eigenvalue weighted by Gasteiger charge is 2.06. The van der Waals surface area contributed by atoms with E-state index in [2.05, 4.69) is 27.9 Å². The Balaban J connectivity index is 1.95. The normalized spacial score (nSPS) is 10.2. The minimum atomic E-state index is 0.673. The summed E-state index contributed by atoms with van der Waals surface area (Å²) in [6, 6.07) is 11.7. The lowest BCUT2D eigenvalue weighted by atomic mass is 10.1. The summed E-state index contributed by atoms with van der Waals surface area (Å²) in [6.45, 7) is 0. The highest BCUT2D eigenvalue weighted by atomic mass is 32.1. The first-order chi connectivity index (χ1) is 8.86. The molecule has 2 heterocycles. The van der Waals surface area contributed by atoms with Crippen LogP contribution in [0.2, 0.25) is 0 Å². The molecular weight excluding hydrogens is 260 g/mol. The van der Waals surface area contributed by atoms with Crippen LogP contribution in [0.25, 0.3) is 21.8 Å². The summed E-state index contributed by atoms with van der Waals surface area (Å²) in [5.74, 6) is 0.